The summed E-state index contributed by atoms with van der Waals surface area (Å²) in [7, 11) is 0. The molecule has 0 amide bonds. The van der Waals surface area contributed by atoms with E-state index in [1.165, 1.54) is 11.1 Å². The van der Waals surface area contributed by atoms with Gasteiger partial charge in [-0.1, -0.05) is 6.07 Å². The van der Waals surface area contributed by atoms with Crippen molar-refractivity contribution in [2.24, 2.45) is 0 Å². The molecule has 0 aliphatic carbocycles. The average molecular weight is 158 g/mol. The smallest absolute Gasteiger partial charge is 0.0991 e. The third-order valence-corrected chi connectivity index (χ3v) is 2.34. The Morgan fingerprint density at radius 1 is 1.58 bits per heavy atom. The van der Waals surface area contributed by atoms with Gasteiger partial charge in [-0.05, 0) is 30.2 Å². The Hall–Kier alpha value is -1.33. The zero-order valence-corrected chi connectivity index (χ0v) is 6.96. The lowest BCUT2D eigenvalue weighted by Gasteiger charge is -2.02. The Morgan fingerprint density at radius 2 is 2.42 bits per heavy atom. The molecule has 1 aliphatic rings. The molecule has 1 aromatic rings. The second-order valence-corrected chi connectivity index (χ2v) is 3.13. The first-order valence-corrected chi connectivity index (χ1v) is 4.07. The van der Waals surface area contributed by atoms with Crippen molar-refractivity contribution in [3.05, 3.63) is 34.9 Å². The molecule has 1 unspecified atom stereocenters. The van der Waals surface area contributed by atoms with E-state index in [-0.39, 0.29) is 0 Å². The van der Waals surface area contributed by atoms with E-state index in [4.69, 9.17) is 5.26 Å². The fraction of sp³-hybridized carbons (Fsp3) is 0.300. The highest BCUT2D eigenvalue weighted by Gasteiger charge is 2.16. The van der Waals surface area contributed by atoms with Crippen molar-refractivity contribution in [3.63, 3.8) is 0 Å². The fourth-order valence-electron chi connectivity index (χ4n) is 1.62. The van der Waals surface area contributed by atoms with Crippen molar-refractivity contribution in [1.29, 1.82) is 5.26 Å². The van der Waals surface area contributed by atoms with Crippen LogP contribution in [-0.2, 0) is 6.54 Å². The minimum atomic E-state index is 0.438. The van der Waals surface area contributed by atoms with E-state index in [1.54, 1.807) is 0 Å². The van der Waals surface area contributed by atoms with Gasteiger partial charge in [0.15, 0.2) is 0 Å². The highest BCUT2D eigenvalue weighted by molar-refractivity contribution is 5.41. The molecule has 1 N–H and O–H groups in total. The van der Waals surface area contributed by atoms with Gasteiger partial charge in [0, 0.05) is 12.6 Å². The molecule has 60 valence electrons. The number of hydrogen-bond acceptors (Lipinski definition) is 2. The van der Waals surface area contributed by atoms with Crippen molar-refractivity contribution >= 4 is 0 Å². The summed E-state index contributed by atoms with van der Waals surface area (Å²) in [6.45, 7) is 3.03. The van der Waals surface area contributed by atoms with E-state index in [1.807, 2.05) is 18.2 Å². The molecule has 1 heterocycles. The van der Waals surface area contributed by atoms with Gasteiger partial charge in [0.25, 0.3) is 0 Å². The molecule has 1 aliphatic heterocycles. The molecule has 2 heteroatoms. The van der Waals surface area contributed by atoms with Crippen LogP contribution < -0.4 is 5.32 Å². The summed E-state index contributed by atoms with van der Waals surface area (Å²) in [5.74, 6) is 0. The predicted octanol–water partition coefficient (Wildman–Crippen LogP) is 1.72. The third kappa shape index (κ3) is 0.992. The zero-order chi connectivity index (χ0) is 8.55. The van der Waals surface area contributed by atoms with Gasteiger partial charge < -0.3 is 5.32 Å². The Kier molecular flexibility index (Phi) is 1.60. The Morgan fingerprint density at radius 3 is 3.17 bits per heavy atom. The summed E-state index contributed by atoms with van der Waals surface area (Å²) in [5, 5.41) is 12.0. The molecule has 0 fully saturated rings. The molecule has 0 spiro atoms. The molecule has 1 aromatic carbocycles. The molecule has 0 saturated carbocycles. The first kappa shape index (κ1) is 7.33. The molecule has 12 heavy (non-hydrogen) atoms. The van der Waals surface area contributed by atoms with Gasteiger partial charge in [0.2, 0.25) is 0 Å². The van der Waals surface area contributed by atoms with Crippen molar-refractivity contribution in [3.8, 4) is 6.07 Å². The zero-order valence-electron chi connectivity index (χ0n) is 6.96. The maximum absolute atomic E-state index is 8.66. The number of rotatable bonds is 0. The molecule has 2 rings (SSSR count). The van der Waals surface area contributed by atoms with Crippen molar-refractivity contribution in [2.75, 3.05) is 0 Å². The first-order chi connectivity index (χ1) is 5.81. The van der Waals surface area contributed by atoms with Crippen LogP contribution in [0.25, 0.3) is 0 Å². The van der Waals surface area contributed by atoms with E-state index in [0.717, 1.165) is 12.1 Å². The molecule has 0 radical (unpaired) electrons. The van der Waals surface area contributed by atoms with Crippen LogP contribution in [0.5, 0.6) is 0 Å². The van der Waals surface area contributed by atoms with Crippen LogP contribution in [0.4, 0.5) is 0 Å². The first-order valence-electron chi connectivity index (χ1n) is 4.07. The van der Waals surface area contributed by atoms with E-state index in [9.17, 15) is 0 Å². The Labute approximate surface area is 71.8 Å². The van der Waals surface area contributed by atoms with E-state index in [0.29, 0.717) is 6.04 Å². The van der Waals surface area contributed by atoms with E-state index >= 15 is 0 Å². The van der Waals surface area contributed by atoms with Gasteiger partial charge >= 0.3 is 0 Å². The highest BCUT2D eigenvalue weighted by atomic mass is 14.9. The summed E-state index contributed by atoms with van der Waals surface area (Å²) in [6, 6.07) is 8.46. The highest BCUT2D eigenvalue weighted by Crippen LogP contribution is 2.24. The van der Waals surface area contributed by atoms with Crippen LogP contribution in [0.2, 0.25) is 0 Å². The topological polar surface area (TPSA) is 35.8 Å². The van der Waals surface area contributed by atoms with Gasteiger partial charge in [-0.2, -0.15) is 5.26 Å². The largest absolute Gasteiger partial charge is 0.306 e. The molecule has 2 nitrogen and oxygen atoms in total. The fourth-order valence-corrected chi connectivity index (χ4v) is 1.62. The molecular weight excluding hydrogens is 148 g/mol. The van der Waals surface area contributed by atoms with Gasteiger partial charge in [0.1, 0.15) is 0 Å². The minimum Gasteiger partial charge on any atom is -0.306 e. The minimum absolute atomic E-state index is 0.438. The SMILES string of the molecule is CC1NCc2cc(C#N)ccc21. The van der Waals surface area contributed by atoms with Crippen molar-refractivity contribution in [2.45, 2.75) is 19.5 Å². The van der Waals surface area contributed by atoms with Gasteiger partial charge in [-0.15, -0.1) is 0 Å². The quantitative estimate of drug-likeness (QED) is 0.624. The summed E-state index contributed by atoms with van der Waals surface area (Å²) in [5.41, 5.74) is 3.35. The van der Waals surface area contributed by atoms with Crippen LogP contribution in [-0.4, -0.2) is 0 Å². The number of hydrogen-bond donors (Lipinski definition) is 1. The normalized spacial score (nSPS) is 20.2. The monoisotopic (exact) mass is 158 g/mol. The average Bonchev–Trinajstić information content (AvgIpc) is 2.47. The number of benzene rings is 1. The van der Waals surface area contributed by atoms with Crippen LogP contribution in [0.1, 0.15) is 29.7 Å². The molecule has 0 bridgehead atoms. The van der Waals surface area contributed by atoms with Crippen molar-refractivity contribution in [1.82, 2.24) is 5.32 Å². The number of nitrogens with zero attached hydrogens (tertiary/aromatic N) is 1. The third-order valence-electron chi connectivity index (χ3n) is 2.34. The molecule has 0 saturated heterocycles. The van der Waals surface area contributed by atoms with Crippen molar-refractivity contribution < 1.29 is 0 Å². The standard InChI is InChI=1S/C10H10N2/c1-7-10-3-2-8(5-11)4-9(10)6-12-7/h2-4,7,12H,6H2,1H3. The maximum atomic E-state index is 8.66. The summed E-state index contributed by atoms with van der Waals surface area (Å²) in [4.78, 5) is 0. The lowest BCUT2D eigenvalue weighted by atomic mass is 10.0. The van der Waals surface area contributed by atoms with Crippen LogP contribution in [0.15, 0.2) is 18.2 Å². The number of nitriles is 1. The van der Waals surface area contributed by atoms with E-state index in [2.05, 4.69) is 18.3 Å². The molecule has 0 aromatic heterocycles. The Balaban J connectivity index is 2.50. The van der Waals surface area contributed by atoms with Crippen LogP contribution >= 0.6 is 0 Å². The van der Waals surface area contributed by atoms with Gasteiger partial charge in [-0.3, -0.25) is 0 Å². The molecule has 1 atom stereocenters. The van der Waals surface area contributed by atoms with Gasteiger partial charge in [-0.25, -0.2) is 0 Å². The lowest BCUT2D eigenvalue weighted by molar-refractivity contribution is 0.633. The van der Waals surface area contributed by atoms with Crippen LogP contribution in [0, 0.1) is 11.3 Å². The summed E-state index contributed by atoms with van der Waals surface area (Å²) < 4.78 is 0. The predicted molar refractivity (Wildman–Crippen MR) is 46.4 cm³/mol. The second kappa shape index (κ2) is 2.62. The van der Waals surface area contributed by atoms with Crippen LogP contribution in [0.3, 0.4) is 0 Å². The van der Waals surface area contributed by atoms with Gasteiger partial charge in [0.05, 0.1) is 11.6 Å². The Bertz CT molecular complexity index is 349. The number of fused-ring (bicyclic) bond motifs is 1. The number of nitrogens with one attached hydrogen (secondary N) is 1. The summed E-state index contributed by atoms with van der Waals surface area (Å²) in [6.07, 6.45) is 0. The maximum Gasteiger partial charge on any atom is 0.0991 e. The lowest BCUT2D eigenvalue weighted by Crippen LogP contribution is -2.06. The molecular formula is C10H10N2. The second-order valence-electron chi connectivity index (χ2n) is 3.13. The van der Waals surface area contributed by atoms with E-state index < -0.39 is 0 Å². The summed E-state index contributed by atoms with van der Waals surface area (Å²) >= 11 is 0.